The molecular formula is C12H20N2O3S. The van der Waals surface area contributed by atoms with Crippen molar-refractivity contribution in [2.75, 3.05) is 11.5 Å². The van der Waals surface area contributed by atoms with Gasteiger partial charge in [0.15, 0.2) is 9.84 Å². The van der Waals surface area contributed by atoms with E-state index in [4.69, 9.17) is 0 Å². The molecule has 0 spiro atoms. The van der Waals surface area contributed by atoms with E-state index in [-0.39, 0.29) is 17.4 Å². The van der Waals surface area contributed by atoms with Crippen molar-refractivity contribution in [3.8, 4) is 0 Å². The van der Waals surface area contributed by atoms with Gasteiger partial charge in [0, 0.05) is 5.71 Å². The summed E-state index contributed by atoms with van der Waals surface area (Å²) in [6.07, 6.45) is 4.82. The van der Waals surface area contributed by atoms with Gasteiger partial charge in [-0.15, -0.1) is 0 Å². The molecule has 1 heterocycles. The van der Waals surface area contributed by atoms with Crippen LogP contribution >= 0.6 is 0 Å². The highest BCUT2D eigenvalue weighted by molar-refractivity contribution is 7.91. The zero-order valence-corrected chi connectivity index (χ0v) is 11.5. The topological polar surface area (TPSA) is 75.6 Å². The van der Waals surface area contributed by atoms with E-state index in [1.807, 2.05) is 0 Å². The number of nitrogens with one attached hydrogen (secondary N) is 1. The smallest absolute Gasteiger partial charge is 0.244 e. The van der Waals surface area contributed by atoms with E-state index >= 15 is 0 Å². The maximum absolute atomic E-state index is 11.8. The number of carbonyl (C=O) groups is 1. The van der Waals surface area contributed by atoms with Crippen molar-refractivity contribution in [3.63, 3.8) is 0 Å². The van der Waals surface area contributed by atoms with Crippen molar-refractivity contribution >= 4 is 21.5 Å². The molecular weight excluding hydrogens is 252 g/mol. The third kappa shape index (κ3) is 3.31. The molecule has 6 heteroatoms. The van der Waals surface area contributed by atoms with Gasteiger partial charge >= 0.3 is 0 Å². The third-order valence-electron chi connectivity index (χ3n) is 3.80. The summed E-state index contributed by atoms with van der Waals surface area (Å²) in [5, 5.41) is 4.18. The summed E-state index contributed by atoms with van der Waals surface area (Å²) in [4.78, 5) is 11.8. The number of carbonyl (C=O) groups excluding carboxylic acids is 1. The molecule has 0 aromatic rings. The quantitative estimate of drug-likeness (QED) is 0.765. The van der Waals surface area contributed by atoms with Gasteiger partial charge in [-0.1, -0.05) is 13.3 Å². The van der Waals surface area contributed by atoms with Crippen LogP contribution in [-0.4, -0.2) is 31.5 Å². The van der Waals surface area contributed by atoms with Crippen molar-refractivity contribution < 1.29 is 13.2 Å². The maximum atomic E-state index is 11.8. The maximum Gasteiger partial charge on any atom is 0.244 e. The summed E-state index contributed by atoms with van der Waals surface area (Å²) in [6, 6.07) is 0. The van der Waals surface area contributed by atoms with Crippen molar-refractivity contribution in [1.29, 1.82) is 0 Å². The lowest BCUT2D eigenvalue weighted by Crippen LogP contribution is -2.30. The largest absolute Gasteiger partial charge is 0.273 e. The Morgan fingerprint density at radius 3 is 2.72 bits per heavy atom. The zero-order chi connectivity index (χ0) is 13.2. The Kier molecular flexibility index (Phi) is 4.04. The molecule has 0 bridgehead atoms. The van der Waals surface area contributed by atoms with E-state index in [9.17, 15) is 13.2 Å². The highest BCUT2D eigenvalue weighted by atomic mass is 32.2. The fraction of sp³-hybridized carbons (Fsp3) is 0.833. The van der Waals surface area contributed by atoms with Crippen LogP contribution in [0, 0.1) is 11.8 Å². The molecule has 102 valence electrons. The van der Waals surface area contributed by atoms with Gasteiger partial charge in [0.25, 0.3) is 0 Å². The monoisotopic (exact) mass is 272 g/mol. The van der Waals surface area contributed by atoms with Crippen LogP contribution in [0.2, 0.25) is 0 Å². The van der Waals surface area contributed by atoms with Crippen LogP contribution in [0.4, 0.5) is 0 Å². The second-order valence-corrected chi connectivity index (χ2v) is 7.55. The number of amides is 1. The minimum atomic E-state index is -3.00. The van der Waals surface area contributed by atoms with E-state index in [0.717, 1.165) is 25.0 Å². The summed E-state index contributed by atoms with van der Waals surface area (Å²) in [6.45, 7) is 2.12. The van der Waals surface area contributed by atoms with Gasteiger partial charge in [-0.25, -0.2) is 13.8 Å². The van der Waals surface area contributed by atoms with E-state index in [1.165, 1.54) is 6.42 Å². The molecule has 0 aromatic carbocycles. The Hall–Kier alpha value is -0.910. The lowest BCUT2D eigenvalue weighted by molar-refractivity contribution is -0.124. The van der Waals surface area contributed by atoms with Crippen LogP contribution in [0.25, 0.3) is 0 Å². The van der Waals surface area contributed by atoms with Crippen molar-refractivity contribution in [1.82, 2.24) is 5.43 Å². The third-order valence-corrected chi connectivity index (χ3v) is 5.57. The summed E-state index contributed by atoms with van der Waals surface area (Å²) < 4.78 is 22.6. The van der Waals surface area contributed by atoms with E-state index in [1.54, 1.807) is 0 Å². The molecule has 0 unspecified atom stereocenters. The van der Waals surface area contributed by atoms with E-state index in [2.05, 4.69) is 17.5 Å². The average molecular weight is 272 g/mol. The molecule has 18 heavy (non-hydrogen) atoms. The second kappa shape index (κ2) is 5.38. The van der Waals surface area contributed by atoms with E-state index < -0.39 is 15.8 Å². The second-order valence-electron chi connectivity index (χ2n) is 5.33. The normalized spacial score (nSPS) is 33.5. The van der Waals surface area contributed by atoms with Crippen molar-refractivity contribution in [2.45, 2.75) is 39.0 Å². The van der Waals surface area contributed by atoms with E-state index in [0.29, 0.717) is 12.3 Å². The molecule has 2 rings (SSSR count). The number of hydrazone groups is 1. The number of rotatable bonds is 2. The van der Waals surface area contributed by atoms with Gasteiger partial charge < -0.3 is 0 Å². The minimum Gasteiger partial charge on any atom is -0.273 e. The van der Waals surface area contributed by atoms with Gasteiger partial charge in [0.05, 0.1) is 17.4 Å². The molecule has 2 aliphatic rings. The van der Waals surface area contributed by atoms with Gasteiger partial charge in [0.2, 0.25) is 5.91 Å². The molecule has 2 atom stereocenters. The number of sulfone groups is 1. The van der Waals surface area contributed by atoms with Crippen LogP contribution in [0.5, 0.6) is 0 Å². The molecule has 1 saturated carbocycles. The number of hydrogen-bond acceptors (Lipinski definition) is 4. The summed E-state index contributed by atoms with van der Waals surface area (Å²) in [5.74, 6) is -0.150. The van der Waals surface area contributed by atoms with Gasteiger partial charge in [-0.2, -0.15) is 5.10 Å². The minimum absolute atomic E-state index is 0.0285. The predicted octanol–water partition coefficient (Wildman–Crippen LogP) is 1.10. The molecule has 1 saturated heterocycles. The first kappa shape index (κ1) is 13.5. The molecule has 2 fully saturated rings. The van der Waals surface area contributed by atoms with Crippen LogP contribution in [0.3, 0.4) is 0 Å². The molecule has 1 amide bonds. The van der Waals surface area contributed by atoms with Crippen LogP contribution in [0.1, 0.15) is 39.0 Å². The standard InChI is InChI=1S/C12H20N2O3S/c1-9-4-2-3-5-11(9)13-14-12(15)10-6-7-18(16,17)8-10/h9-10H,2-8H2,1H3,(H,14,15)/t9-,10-/m1/s1. The number of hydrogen-bond donors (Lipinski definition) is 1. The fourth-order valence-electron chi connectivity index (χ4n) is 2.56. The summed E-state index contributed by atoms with van der Waals surface area (Å²) in [7, 11) is -3.00. The predicted molar refractivity (Wildman–Crippen MR) is 70.0 cm³/mol. The molecule has 1 N–H and O–H groups in total. The Bertz CT molecular complexity index is 456. The van der Waals surface area contributed by atoms with Crippen molar-refractivity contribution in [3.05, 3.63) is 0 Å². The van der Waals surface area contributed by atoms with Crippen LogP contribution in [-0.2, 0) is 14.6 Å². The van der Waals surface area contributed by atoms with Gasteiger partial charge in [-0.3, -0.25) is 4.79 Å². The molecule has 1 aliphatic carbocycles. The van der Waals surface area contributed by atoms with Gasteiger partial charge in [0.1, 0.15) is 0 Å². The fourth-order valence-corrected chi connectivity index (χ4v) is 4.30. The lowest BCUT2D eigenvalue weighted by Gasteiger charge is -2.20. The Morgan fingerprint density at radius 2 is 2.11 bits per heavy atom. The zero-order valence-electron chi connectivity index (χ0n) is 10.7. The summed E-state index contributed by atoms with van der Waals surface area (Å²) >= 11 is 0. The SMILES string of the molecule is C[C@@H]1CCCCC1=NNC(=O)[C@@H]1CCS(=O)(=O)C1. The van der Waals surface area contributed by atoms with Crippen LogP contribution < -0.4 is 5.43 Å². The van der Waals surface area contributed by atoms with Crippen LogP contribution in [0.15, 0.2) is 5.10 Å². The molecule has 5 nitrogen and oxygen atoms in total. The Balaban J connectivity index is 1.90. The molecule has 1 aliphatic heterocycles. The first-order chi connectivity index (χ1) is 8.48. The van der Waals surface area contributed by atoms with Crippen molar-refractivity contribution in [2.24, 2.45) is 16.9 Å². The first-order valence-corrected chi connectivity index (χ1v) is 8.37. The summed E-state index contributed by atoms with van der Waals surface area (Å²) in [5.41, 5.74) is 3.58. The lowest BCUT2D eigenvalue weighted by atomic mass is 9.89. The first-order valence-electron chi connectivity index (χ1n) is 6.55. The average Bonchev–Trinajstić information content (AvgIpc) is 2.68. The Morgan fingerprint density at radius 1 is 1.33 bits per heavy atom. The molecule has 0 radical (unpaired) electrons. The molecule has 0 aromatic heterocycles. The number of nitrogens with zero attached hydrogens (tertiary/aromatic N) is 1. The highest BCUT2D eigenvalue weighted by Crippen LogP contribution is 2.21. The Labute approximate surface area is 108 Å². The highest BCUT2D eigenvalue weighted by Gasteiger charge is 2.33. The van der Waals surface area contributed by atoms with Gasteiger partial charge in [-0.05, 0) is 31.6 Å².